The first-order valence-corrected chi connectivity index (χ1v) is 6.35. The molecule has 0 saturated carbocycles. The molecule has 0 aromatic carbocycles. The van der Waals surface area contributed by atoms with Crippen molar-refractivity contribution >= 4 is 0 Å². The normalized spacial score (nSPS) is 50.1. The summed E-state index contributed by atoms with van der Waals surface area (Å²) in [5.41, 5.74) is 0. The second-order valence-electron chi connectivity index (χ2n) is 5.00. The molecule has 0 radical (unpaired) electrons. The van der Waals surface area contributed by atoms with E-state index in [-0.39, 0.29) is 19.8 Å². The molecule has 8 atom stereocenters. The van der Waals surface area contributed by atoms with Gasteiger partial charge in [-0.15, -0.1) is 0 Å². The van der Waals surface area contributed by atoms with E-state index >= 15 is 0 Å². The molecule has 2 heterocycles. The Morgan fingerprint density at radius 2 is 1.30 bits per heavy atom. The minimum absolute atomic E-state index is 0.151. The SMILES string of the molecule is O[C@@H]1[C@@H](O)[C@H](OC[C@H]2OC[C@H](O)[C@@H](O)[C@@H]2O)OC[C@@H]1O. The second-order valence-corrected chi connectivity index (χ2v) is 5.00. The first kappa shape index (κ1) is 16.0. The van der Waals surface area contributed by atoms with Gasteiger partial charge in [0.15, 0.2) is 6.29 Å². The van der Waals surface area contributed by atoms with Crippen LogP contribution in [0.5, 0.6) is 0 Å². The number of ether oxygens (including phenoxy) is 3. The van der Waals surface area contributed by atoms with Gasteiger partial charge in [-0.3, -0.25) is 0 Å². The number of aliphatic hydroxyl groups excluding tert-OH is 6. The van der Waals surface area contributed by atoms with Gasteiger partial charge in [-0.05, 0) is 0 Å². The van der Waals surface area contributed by atoms with Crippen LogP contribution in [0.4, 0.5) is 0 Å². The van der Waals surface area contributed by atoms with E-state index in [1.807, 2.05) is 0 Å². The smallest absolute Gasteiger partial charge is 0.186 e. The summed E-state index contributed by atoms with van der Waals surface area (Å²) >= 11 is 0. The fourth-order valence-corrected chi connectivity index (χ4v) is 2.13. The van der Waals surface area contributed by atoms with Gasteiger partial charge in [-0.1, -0.05) is 0 Å². The maximum absolute atomic E-state index is 9.69. The molecule has 2 rings (SSSR count). The molecular weight excluding hydrogens is 276 g/mol. The van der Waals surface area contributed by atoms with Gasteiger partial charge in [-0.25, -0.2) is 0 Å². The Balaban J connectivity index is 1.83. The average Bonchev–Trinajstić information content (AvgIpc) is 2.43. The van der Waals surface area contributed by atoms with E-state index in [4.69, 9.17) is 14.2 Å². The van der Waals surface area contributed by atoms with Gasteiger partial charge in [0.25, 0.3) is 0 Å². The van der Waals surface area contributed by atoms with E-state index in [9.17, 15) is 30.6 Å². The quantitative estimate of drug-likeness (QED) is 0.306. The zero-order chi connectivity index (χ0) is 14.9. The fraction of sp³-hybridized carbons (Fsp3) is 1.00. The monoisotopic (exact) mass is 296 g/mol. The molecule has 0 aromatic heterocycles. The molecule has 0 unspecified atom stereocenters. The van der Waals surface area contributed by atoms with Crippen molar-refractivity contribution in [3.63, 3.8) is 0 Å². The fourth-order valence-electron chi connectivity index (χ4n) is 2.13. The first-order valence-electron chi connectivity index (χ1n) is 6.35. The van der Waals surface area contributed by atoms with Crippen LogP contribution in [0.2, 0.25) is 0 Å². The standard InChI is InChI=1S/C11H20O9/c12-4-1-18-6(9(16)7(4)14)3-20-11-10(17)8(15)5(13)2-19-11/h4-17H,1-3H2/t4-,5-,6+,7+,8-,9+,10+,11-/m0/s1. The summed E-state index contributed by atoms with van der Waals surface area (Å²) in [6.07, 6.45) is -9.94. The molecule has 118 valence electrons. The van der Waals surface area contributed by atoms with Crippen molar-refractivity contribution < 1.29 is 44.8 Å². The summed E-state index contributed by atoms with van der Waals surface area (Å²) < 4.78 is 15.3. The Morgan fingerprint density at radius 1 is 0.750 bits per heavy atom. The van der Waals surface area contributed by atoms with Crippen molar-refractivity contribution in [3.05, 3.63) is 0 Å². The van der Waals surface area contributed by atoms with Crippen molar-refractivity contribution in [1.29, 1.82) is 0 Å². The van der Waals surface area contributed by atoms with Crippen LogP contribution in [-0.4, -0.2) is 99.5 Å². The van der Waals surface area contributed by atoms with Crippen molar-refractivity contribution in [2.75, 3.05) is 19.8 Å². The predicted molar refractivity (Wildman–Crippen MR) is 61.5 cm³/mol. The third kappa shape index (κ3) is 3.27. The highest BCUT2D eigenvalue weighted by Crippen LogP contribution is 2.20. The lowest BCUT2D eigenvalue weighted by atomic mass is 10.0. The summed E-state index contributed by atoms with van der Waals surface area (Å²) in [4.78, 5) is 0. The zero-order valence-electron chi connectivity index (χ0n) is 10.6. The lowest BCUT2D eigenvalue weighted by Gasteiger charge is -2.38. The van der Waals surface area contributed by atoms with Gasteiger partial charge >= 0.3 is 0 Å². The van der Waals surface area contributed by atoms with E-state index in [1.165, 1.54) is 0 Å². The van der Waals surface area contributed by atoms with Crippen LogP contribution in [-0.2, 0) is 14.2 Å². The van der Waals surface area contributed by atoms with Crippen LogP contribution < -0.4 is 0 Å². The van der Waals surface area contributed by atoms with E-state index < -0.39 is 49.0 Å². The molecule has 9 nitrogen and oxygen atoms in total. The highest BCUT2D eigenvalue weighted by molar-refractivity contribution is 4.87. The maximum Gasteiger partial charge on any atom is 0.186 e. The molecule has 2 aliphatic rings. The molecule has 0 aliphatic carbocycles. The van der Waals surface area contributed by atoms with Crippen LogP contribution in [0, 0.1) is 0 Å². The highest BCUT2D eigenvalue weighted by atomic mass is 16.7. The van der Waals surface area contributed by atoms with Gasteiger partial charge in [-0.2, -0.15) is 0 Å². The van der Waals surface area contributed by atoms with Crippen molar-refractivity contribution in [2.24, 2.45) is 0 Å². The van der Waals surface area contributed by atoms with Crippen LogP contribution in [0.3, 0.4) is 0 Å². The van der Waals surface area contributed by atoms with Gasteiger partial charge in [0.1, 0.15) is 42.7 Å². The largest absolute Gasteiger partial charge is 0.388 e. The number of rotatable bonds is 3. The third-order valence-corrected chi connectivity index (χ3v) is 3.49. The average molecular weight is 296 g/mol. The molecule has 0 aromatic rings. The summed E-state index contributed by atoms with van der Waals surface area (Å²) in [5.74, 6) is 0. The van der Waals surface area contributed by atoms with Crippen LogP contribution >= 0.6 is 0 Å². The van der Waals surface area contributed by atoms with E-state index in [0.717, 1.165) is 0 Å². The molecule has 0 amide bonds. The predicted octanol–water partition coefficient (Wildman–Crippen LogP) is -4.08. The second kappa shape index (κ2) is 6.60. The van der Waals surface area contributed by atoms with Crippen LogP contribution in [0.25, 0.3) is 0 Å². The molecule has 6 N–H and O–H groups in total. The number of aliphatic hydroxyl groups is 6. The summed E-state index contributed by atoms with van der Waals surface area (Å²) in [6.45, 7) is -0.560. The minimum Gasteiger partial charge on any atom is -0.388 e. The molecule has 2 saturated heterocycles. The topological polar surface area (TPSA) is 149 Å². The number of hydrogen-bond acceptors (Lipinski definition) is 9. The van der Waals surface area contributed by atoms with E-state index in [1.54, 1.807) is 0 Å². The Kier molecular flexibility index (Phi) is 5.29. The van der Waals surface area contributed by atoms with Crippen molar-refractivity contribution in [3.8, 4) is 0 Å². The number of hydrogen-bond donors (Lipinski definition) is 6. The van der Waals surface area contributed by atoms with Crippen LogP contribution in [0.1, 0.15) is 0 Å². The molecule has 9 heteroatoms. The molecule has 0 bridgehead atoms. The molecule has 2 fully saturated rings. The van der Waals surface area contributed by atoms with Gasteiger partial charge in [0, 0.05) is 0 Å². The summed E-state index contributed by atoms with van der Waals surface area (Å²) in [7, 11) is 0. The minimum atomic E-state index is -1.44. The molecule has 20 heavy (non-hydrogen) atoms. The lowest BCUT2D eigenvalue weighted by Crippen LogP contribution is -2.57. The van der Waals surface area contributed by atoms with Gasteiger partial charge in [0.05, 0.1) is 19.8 Å². The first-order chi connectivity index (χ1) is 9.41. The molecule has 0 spiro atoms. The van der Waals surface area contributed by atoms with Crippen molar-refractivity contribution in [1.82, 2.24) is 0 Å². The zero-order valence-corrected chi connectivity index (χ0v) is 10.6. The molecular formula is C11H20O9. The molecule has 2 aliphatic heterocycles. The van der Waals surface area contributed by atoms with Gasteiger partial charge in [0.2, 0.25) is 0 Å². The van der Waals surface area contributed by atoms with E-state index in [2.05, 4.69) is 0 Å². The Labute approximate surface area is 114 Å². The Hall–Kier alpha value is -0.360. The lowest BCUT2D eigenvalue weighted by molar-refractivity contribution is -0.285. The Bertz CT molecular complexity index is 284. The van der Waals surface area contributed by atoms with E-state index in [0.29, 0.717) is 0 Å². The maximum atomic E-state index is 9.69. The Morgan fingerprint density at radius 3 is 1.95 bits per heavy atom. The van der Waals surface area contributed by atoms with Crippen molar-refractivity contribution in [2.45, 2.75) is 49.0 Å². The summed E-state index contributed by atoms with van der Waals surface area (Å²) in [6, 6.07) is 0. The van der Waals surface area contributed by atoms with Gasteiger partial charge < -0.3 is 44.8 Å². The van der Waals surface area contributed by atoms with Crippen LogP contribution in [0.15, 0.2) is 0 Å². The summed E-state index contributed by atoms with van der Waals surface area (Å²) in [5, 5.41) is 56.9. The third-order valence-electron chi connectivity index (χ3n) is 3.49. The highest BCUT2D eigenvalue weighted by Gasteiger charge is 2.41.